The molecule has 0 spiro atoms. The maximum atomic E-state index is 12.8. The average Bonchev–Trinajstić information content (AvgIpc) is 3.46. The highest BCUT2D eigenvalue weighted by atomic mass is 32.1. The summed E-state index contributed by atoms with van der Waals surface area (Å²) < 4.78 is 16.3. The van der Waals surface area contributed by atoms with Crippen LogP contribution in [0.25, 0.3) is 10.2 Å². The Morgan fingerprint density at radius 3 is 2.74 bits per heavy atom. The molecule has 184 valence electrons. The van der Waals surface area contributed by atoms with E-state index in [2.05, 4.69) is 9.97 Å². The van der Waals surface area contributed by atoms with Gasteiger partial charge in [-0.15, -0.1) is 11.3 Å². The van der Waals surface area contributed by atoms with E-state index in [1.165, 1.54) is 0 Å². The number of aromatic nitrogens is 2. The number of hydrogen-bond donors (Lipinski definition) is 2. The summed E-state index contributed by atoms with van der Waals surface area (Å²) in [5, 5.41) is 11.0. The molecular formula is C25H27N3O6S. The number of ether oxygens (including phenoxy) is 2. The van der Waals surface area contributed by atoms with Crippen molar-refractivity contribution in [2.45, 2.75) is 33.0 Å². The number of carbonyl (C=O) groups is 1. The third kappa shape index (κ3) is 6.16. The van der Waals surface area contributed by atoms with Gasteiger partial charge in [-0.25, -0.2) is 9.78 Å². The molecule has 0 saturated carbocycles. The molecule has 0 bridgehead atoms. The lowest BCUT2D eigenvalue weighted by atomic mass is 10.2. The molecule has 0 aliphatic carbocycles. The van der Waals surface area contributed by atoms with Gasteiger partial charge in [0.25, 0.3) is 5.56 Å². The number of aliphatic hydroxyl groups is 1. The van der Waals surface area contributed by atoms with Crippen molar-refractivity contribution in [1.29, 1.82) is 0 Å². The van der Waals surface area contributed by atoms with Crippen molar-refractivity contribution in [2.24, 2.45) is 0 Å². The van der Waals surface area contributed by atoms with Crippen molar-refractivity contribution < 1.29 is 23.8 Å². The fourth-order valence-corrected chi connectivity index (χ4v) is 4.83. The first kappa shape index (κ1) is 24.6. The molecule has 0 aliphatic heterocycles. The van der Waals surface area contributed by atoms with Crippen LogP contribution in [0.2, 0.25) is 0 Å². The number of carbonyl (C=O) groups excluding carboxylic acids is 1. The van der Waals surface area contributed by atoms with Crippen molar-refractivity contribution in [2.75, 3.05) is 19.8 Å². The van der Waals surface area contributed by atoms with Crippen molar-refractivity contribution in [3.8, 4) is 5.75 Å². The van der Waals surface area contributed by atoms with Gasteiger partial charge in [0.15, 0.2) is 0 Å². The third-order valence-electron chi connectivity index (χ3n) is 5.30. The topological polar surface area (TPSA) is 118 Å². The highest BCUT2D eigenvalue weighted by molar-refractivity contribution is 7.20. The third-order valence-corrected chi connectivity index (χ3v) is 6.46. The Hall–Kier alpha value is -3.47. The minimum absolute atomic E-state index is 0.106. The van der Waals surface area contributed by atoms with Crippen LogP contribution in [0, 0.1) is 6.92 Å². The lowest BCUT2D eigenvalue weighted by molar-refractivity contribution is 0.0531. The number of hydrogen-bond acceptors (Lipinski definition) is 9. The van der Waals surface area contributed by atoms with E-state index in [9.17, 15) is 14.7 Å². The Labute approximate surface area is 205 Å². The second-order valence-electron chi connectivity index (χ2n) is 8.00. The van der Waals surface area contributed by atoms with Gasteiger partial charge in [0.2, 0.25) is 0 Å². The van der Waals surface area contributed by atoms with Crippen LogP contribution in [-0.4, -0.2) is 51.8 Å². The zero-order chi connectivity index (χ0) is 24.8. The average molecular weight is 498 g/mol. The minimum atomic E-state index is -0.792. The number of aromatic amines is 1. The summed E-state index contributed by atoms with van der Waals surface area (Å²) in [5.41, 5.74) is 0.241. The van der Waals surface area contributed by atoms with Gasteiger partial charge in [0.05, 0.1) is 31.3 Å². The fourth-order valence-electron chi connectivity index (χ4n) is 3.73. The first-order chi connectivity index (χ1) is 16.9. The molecule has 0 radical (unpaired) electrons. The summed E-state index contributed by atoms with van der Waals surface area (Å²) in [6.07, 6.45) is 0.792. The van der Waals surface area contributed by atoms with E-state index in [0.29, 0.717) is 44.5 Å². The standard InChI is InChI=1S/C25H27N3O6S/c1-3-32-25(31)22-16(2)21-23(30)26-20(27-24(21)35-22)14-28(13-19-10-7-11-33-19)12-17(29)15-34-18-8-5-4-6-9-18/h4-11,17,29H,3,12-15H2,1-2H3,(H,26,27,30)/t17-/m1/s1. The molecule has 0 aliphatic rings. The van der Waals surface area contributed by atoms with Crippen molar-refractivity contribution in [1.82, 2.24) is 14.9 Å². The molecule has 10 heteroatoms. The van der Waals surface area contributed by atoms with E-state index < -0.39 is 12.1 Å². The molecular weight excluding hydrogens is 470 g/mol. The molecule has 3 aromatic heterocycles. The van der Waals surface area contributed by atoms with Crippen molar-refractivity contribution in [3.05, 3.63) is 81.1 Å². The molecule has 1 aromatic carbocycles. The predicted molar refractivity (Wildman–Crippen MR) is 132 cm³/mol. The summed E-state index contributed by atoms with van der Waals surface area (Å²) >= 11 is 1.14. The van der Waals surface area contributed by atoms with E-state index in [1.807, 2.05) is 41.3 Å². The Kier molecular flexibility index (Phi) is 7.96. The van der Waals surface area contributed by atoms with Gasteiger partial charge >= 0.3 is 5.97 Å². The molecule has 0 unspecified atom stereocenters. The number of esters is 1. The number of rotatable bonds is 11. The second kappa shape index (κ2) is 11.3. The van der Waals surface area contributed by atoms with Gasteiger partial charge in [-0.1, -0.05) is 18.2 Å². The number of thiophene rings is 1. The number of nitrogens with one attached hydrogen (secondary N) is 1. The summed E-state index contributed by atoms with van der Waals surface area (Å²) in [6, 6.07) is 12.9. The van der Waals surface area contributed by atoms with Crippen LogP contribution >= 0.6 is 11.3 Å². The zero-order valence-electron chi connectivity index (χ0n) is 19.5. The van der Waals surface area contributed by atoms with Crippen LogP contribution in [0.3, 0.4) is 0 Å². The second-order valence-corrected chi connectivity index (χ2v) is 9.00. The smallest absolute Gasteiger partial charge is 0.348 e. The monoisotopic (exact) mass is 497 g/mol. The van der Waals surface area contributed by atoms with E-state index in [1.54, 1.807) is 26.2 Å². The Bertz CT molecular complexity index is 1320. The van der Waals surface area contributed by atoms with Gasteiger partial charge in [-0.2, -0.15) is 0 Å². The lowest BCUT2D eigenvalue weighted by Crippen LogP contribution is -2.35. The fraction of sp³-hybridized carbons (Fsp3) is 0.320. The lowest BCUT2D eigenvalue weighted by Gasteiger charge is -2.24. The largest absolute Gasteiger partial charge is 0.491 e. The molecule has 0 fully saturated rings. The van der Waals surface area contributed by atoms with E-state index in [0.717, 1.165) is 11.3 Å². The number of furan rings is 1. The minimum Gasteiger partial charge on any atom is -0.491 e. The first-order valence-electron chi connectivity index (χ1n) is 11.2. The molecule has 9 nitrogen and oxygen atoms in total. The highest BCUT2D eigenvalue weighted by Crippen LogP contribution is 2.28. The Balaban J connectivity index is 1.53. The van der Waals surface area contributed by atoms with Crippen LogP contribution in [0.1, 0.15) is 33.7 Å². The Morgan fingerprint density at radius 1 is 1.23 bits per heavy atom. The van der Waals surface area contributed by atoms with Crippen LogP contribution in [0.5, 0.6) is 5.75 Å². The van der Waals surface area contributed by atoms with E-state index in [-0.39, 0.29) is 31.9 Å². The molecule has 3 heterocycles. The molecule has 2 N–H and O–H groups in total. The molecule has 0 saturated heterocycles. The predicted octanol–water partition coefficient (Wildman–Crippen LogP) is 3.50. The van der Waals surface area contributed by atoms with Crippen molar-refractivity contribution >= 4 is 27.5 Å². The maximum Gasteiger partial charge on any atom is 0.348 e. The number of para-hydroxylation sites is 1. The number of benzene rings is 1. The Morgan fingerprint density at radius 2 is 2.03 bits per heavy atom. The SMILES string of the molecule is CCOC(=O)c1sc2nc(CN(Cc3ccco3)C[C@@H](O)COc3ccccc3)[nH]c(=O)c2c1C. The molecule has 4 aromatic rings. The molecule has 4 rings (SSSR count). The van der Waals surface area contributed by atoms with Gasteiger partial charge in [-0.05, 0) is 43.7 Å². The number of fused-ring (bicyclic) bond motifs is 1. The van der Waals surface area contributed by atoms with Gasteiger partial charge in [-0.3, -0.25) is 9.69 Å². The van der Waals surface area contributed by atoms with Gasteiger partial charge < -0.3 is 24.0 Å². The van der Waals surface area contributed by atoms with E-state index >= 15 is 0 Å². The molecule has 0 amide bonds. The number of H-pyrrole nitrogens is 1. The highest BCUT2D eigenvalue weighted by Gasteiger charge is 2.21. The van der Waals surface area contributed by atoms with Crippen LogP contribution in [0.4, 0.5) is 0 Å². The zero-order valence-corrected chi connectivity index (χ0v) is 20.3. The van der Waals surface area contributed by atoms with Crippen LogP contribution in [0.15, 0.2) is 57.9 Å². The summed E-state index contributed by atoms with van der Waals surface area (Å²) in [6.45, 7) is 4.71. The quantitative estimate of drug-likeness (QED) is 0.302. The molecule has 35 heavy (non-hydrogen) atoms. The van der Waals surface area contributed by atoms with E-state index in [4.69, 9.17) is 13.9 Å². The molecule has 1 atom stereocenters. The number of aliphatic hydroxyl groups excluding tert-OH is 1. The maximum absolute atomic E-state index is 12.8. The van der Waals surface area contributed by atoms with Gasteiger partial charge in [0, 0.05) is 6.54 Å². The van der Waals surface area contributed by atoms with Crippen LogP contribution in [-0.2, 0) is 17.8 Å². The number of nitrogens with zero attached hydrogens (tertiary/aromatic N) is 2. The summed E-state index contributed by atoms with van der Waals surface area (Å²) in [7, 11) is 0. The van der Waals surface area contributed by atoms with Gasteiger partial charge in [0.1, 0.15) is 39.8 Å². The summed E-state index contributed by atoms with van der Waals surface area (Å²) in [4.78, 5) is 35.3. The van der Waals surface area contributed by atoms with Crippen LogP contribution < -0.4 is 10.3 Å². The normalized spacial score (nSPS) is 12.2. The van der Waals surface area contributed by atoms with Crippen molar-refractivity contribution in [3.63, 3.8) is 0 Å². The summed E-state index contributed by atoms with van der Waals surface area (Å²) in [5.74, 6) is 1.34. The first-order valence-corrected chi connectivity index (χ1v) is 12.1. The number of aryl methyl sites for hydroxylation is 1.